The van der Waals surface area contributed by atoms with Gasteiger partial charge in [0, 0.05) is 0 Å². The van der Waals surface area contributed by atoms with Gasteiger partial charge in [-0.2, -0.15) is 0 Å². The van der Waals surface area contributed by atoms with Crippen LogP contribution in [0.2, 0.25) is 0 Å². The van der Waals surface area contributed by atoms with E-state index in [2.05, 4.69) is 10.6 Å². The Bertz CT molecular complexity index is 417. The third-order valence-corrected chi connectivity index (χ3v) is 3.50. The first-order valence-corrected chi connectivity index (χ1v) is 8.28. The van der Waals surface area contributed by atoms with E-state index in [1.165, 1.54) is 0 Å². The molecule has 0 bridgehead atoms. The molecule has 4 amide bonds. The lowest BCUT2D eigenvalue weighted by Crippen LogP contribution is -2.44. The molecule has 0 aliphatic heterocycles. The highest BCUT2D eigenvalue weighted by atomic mass is 16.4. The molecule has 6 N–H and O–H groups in total. The first kappa shape index (κ1) is 22.8. The van der Waals surface area contributed by atoms with Crippen molar-refractivity contribution < 1.29 is 29.4 Å². The minimum Gasteiger partial charge on any atom is -0.465 e. The molecule has 2 atom stereocenters. The Labute approximate surface area is 146 Å². The van der Waals surface area contributed by atoms with Crippen molar-refractivity contribution in [2.24, 2.45) is 0 Å². The number of nitrogens with one attached hydrogen (secondary N) is 4. The average Bonchev–Trinajstić information content (AvgIpc) is 2.51. The molecule has 25 heavy (non-hydrogen) atoms. The number of hydrogen-bond donors (Lipinski definition) is 6. The molecule has 10 heteroatoms. The molecule has 0 fully saturated rings. The number of carbonyl (C=O) groups excluding carboxylic acids is 2. The molecule has 0 heterocycles. The fraction of sp³-hybridized carbons (Fsp3) is 0.733. The number of carbonyl (C=O) groups is 4. The quantitative estimate of drug-likeness (QED) is 0.274. The molecule has 2 unspecified atom stereocenters. The number of rotatable bonds is 12. The summed E-state index contributed by atoms with van der Waals surface area (Å²) in [6.07, 6.45) is 1.95. The Morgan fingerprint density at radius 1 is 0.680 bits per heavy atom. The minimum absolute atomic E-state index is 0.557. The zero-order valence-electron chi connectivity index (χ0n) is 14.6. The molecule has 0 rings (SSSR count). The summed E-state index contributed by atoms with van der Waals surface area (Å²) in [6, 6.07) is -1.11. The van der Waals surface area contributed by atoms with Crippen LogP contribution in [0.4, 0.5) is 9.59 Å². The van der Waals surface area contributed by atoms with Gasteiger partial charge in [0.05, 0.1) is 12.1 Å². The van der Waals surface area contributed by atoms with Crippen molar-refractivity contribution in [1.29, 1.82) is 0 Å². The van der Waals surface area contributed by atoms with E-state index in [-0.39, 0.29) is 0 Å². The highest BCUT2D eigenvalue weighted by Gasteiger charge is 2.14. The van der Waals surface area contributed by atoms with E-state index in [4.69, 9.17) is 10.2 Å². The van der Waals surface area contributed by atoms with Crippen LogP contribution < -0.4 is 21.3 Å². The number of carboxylic acid groups (broad SMARTS) is 2. The van der Waals surface area contributed by atoms with Crippen molar-refractivity contribution in [1.82, 2.24) is 21.3 Å². The molecule has 10 nitrogen and oxygen atoms in total. The van der Waals surface area contributed by atoms with Crippen LogP contribution in [-0.2, 0) is 9.59 Å². The van der Waals surface area contributed by atoms with Gasteiger partial charge in [0.15, 0.2) is 0 Å². The van der Waals surface area contributed by atoms with Crippen LogP contribution in [0.25, 0.3) is 0 Å². The second-order valence-corrected chi connectivity index (χ2v) is 5.71. The first-order chi connectivity index (χ1) is 11.7. The smallest absolute Gasteiger partial charge is 0.411 e. The van der Waals surface area contributed by atoms with Crippen molar-refractivity contribution in [2.45, 2.75) is 58.0 Å². The standard InChI is InChI=1S/C15H28N4O6/c1-10(12(20)18-14(22)23)16-8-6-4-3-5-7-9-17-11(2)13(21)19-15(24)25/h10-11,16-17H,3-9H2,1-2H3,(H,18,20)(H,19,21)(H,22,23)(H,24,25). The number of unbranched alkanes of at least 4 members (excludes halogenated alkanes) is 4. The van der Waals surface area contributed by atoms with E-state index < -0.39 is 36.1 Å². The normalized spacial score (nSPS) is 12.9. The summed E-state index contributed by atoms with van der Waals surface area (Å²) in [6.45, 7) is 4.45. The van der Waals surface area contributed by atoms with Gasteiger partial charge in [-0.05, 0) is 39.8 Å². The van der Waals surface area contributed by atoms with E-state index >= 15 is 0 Å². The lowest BCUT2D eigenvalue weighted by Gasteiger charge is -2.12. The number of amides is 4. The first-order valence-electron chi connectivity index (χ1n) is 8.28. The van der Waals surface area contributed by atoms with Crippen LogP contribution in [0.5, 0.6) is 0 Å². The lowest BCUT2D eigenvalue weighted by atomic mass is 10.1. The molecule has 0 saturated carbocycles. The highest BCUT2D eigenvalue weighted by molar-refractivity contribution is 5.94. The van der Waals surface area contributed by atoms with Crippen LogP contribution >= 0.6 is 0 Å². The Balaban J connectivity index is 3.53. The second-order valence-electron chi connectivity index (χ2n) is 5.71. The van der Waals surface area contributed by atoms with Crippen LogP contribution in [-0.4, -0.2) is 59.4 Å². The predicted molar refractivity (Wildman–Crippen MR) is 90.3 cm³/mol. The molecular formula is C15H28N4O6. The summed E-state index contributed by atoms with van der Waals surface area (Å²) in [5.74, 6) is -1.14. The number of hydrogen-bond acceptors (Lipinski definition) is 6. The largest absolute Gasteiger partial charge is 0.465 e. The summed E-state index contributed by atoms with van der Waals surface area (Å²) >= 11 is 0. The maximum Gasteiger partial charge on any atom is 0.411 e. The van der Waals surface area contributed by atoms with Gasteiger partial charge in [0.2, 0.25) is 11.8 Å². The van der Waals surface area contributed by atoms with Gasteiger partial charge < -0.3 is 20.8 Å². The molecule has 0 radical (unpaired) electrons. The fourth-order valence-corrected chi connectivity index (χ4v) is 2.03. The predicted octanol–water partition coefficient (Wildman–Crippen LogP) is 0.482. The van der Waals surface area contributed by atoms with Crippen molar-refractivity contribution in [3.8, 4) is 0 Å². The van der Waals surface area contributed by atoms with Crippen molar-refractivity contribution in [3.63, 3.8) is 0 Å². The third kappa shape index (κ3) is 12.8. The van der Waals surface area contributed by atoms with Gasteiger partial charge in [0.25, 0.3) is 0 Å². The average molecular weight is 360 g/mol. The Morgan fingerprint density at radius 2 is 1.00 bits per heavy atom. The Morgan fingerprint density at radius 3 is 1.32 bits per heavy atom. The van der Waals surface area contributed by atoms with Crippen molar-refractivity contribution in [2.75, 3.05) is 13.1 Å². The van der Waals surface area contributed by atoms with Crippen LogP contribution in [0, 0.1) is 0 Å². The SMILES string of the molecule is CC(NCCCCCCCNC(C)C(=O)NC(=O)O)C(=O)NC(=O)O. The van der Waals surface area contributed by atoms with Gasteiger partial charge in [0.1, 0.15) is 0 Å². The number of imide groups is 2. The monoisotopic (exact) mass is 360 g/mol. The summed E-state index contributed by atoms with van der Waals surface area (Å²) in [4.78, 5) is 43.3. The van der Waals surface area contributed by atoms with Gasteiger partial charge in [-0.25, -0.2) is 9.59 Å². The van der Waals surface area contributed by atoms with Gasteiger partial charge in [-0.3, -0.25) is 20.2 Å². The summed E-state index contributed by atoms with van der Waals surface area (Å²) in [7, 11) is 0. The molecule has 0 spiro atoms. The summed E-state index contributed by atoms with van der Waals surface area (Å²) < 4.78 is 0. The third-order valence-electron chi connectivity index (χ3n) is 3.50. The van der Waals surface area contributed by atoms with E-state index in [9.17, 15) is 19.2 Å². The molecule has 0 aromatic rings. The van der Waals surface area contributed by atoms with Gasteiger partial charge in [-0.15, -0.1) is 0 Å². The molecule has 0 aromatic carbocycles. The minimum atomic E-state index is -1.36. The molecule has 0 aromatic heterocycles. The molecule has 0 saturated heterocycles. The van der Waals surface area contributed by atoms with Crippen LogP contribution in [0.3, 0.4) is 0 Å². The van der Waals surface area contributed by atoms with Crippen molar-refractivity contribution >= 4 is 24.0 Å². The maximum absolute atomic E-state index is 11.3. The summed E-state index contributed by atoms with van der Waals surface area (Å²) in [5, 5.41) is 26.4. The van der Waals surface area contributed by atoms with E-state index in [1.807, 2.05) is 0 Å². The maximum atomic E-state index is 11.3. The van der Waals surface area contributed by atoms with E-state index in [0.29, 0.717) is 13.1 Å². The Hall–Kier alpha value is -2.20. The highest BCUT2D eigenvalue weighted by Crippen LogP contribution is 2.02. The van der Waals surface area contributed by atoms with E-state index in [1.54, 1.807) is 24.5 Å². The van der Waals surface area contributed by atoms with Crippen LogP contribution in [0.15, 0.2) is 0 Å². The Kier molecular flexibility index (Phi) is 12.0. The van der Waals surface area contributed by atoms with Crippen LogP contribution in [0.1, 0.15) is 46.0 Å². The molecule has 144 valence electrons. The molecule has 0 aliphatic carbocycles. The zero-order valence-corrected chi connectivity index (χ0v) is 14.6. The lowest BCUT2D eigenvalue weighted by molar-refractivity contribution is -0.122. The second kappa shape index (κ2) is 13.1. The molecule has 0 aliphatic rings. The van der Waals surface area contributed by atoms with Gasteiger partial charge >= 0.3 is 12.2 Å². The van der Waals surface area contributed by atoms with Gasteiger partial charge in [-0.1, -0.05) is 19.3 Å². The van der Waals surface area contributed by atoms with Crippen molar-refractivity contribution in [3.05, 3.63) is 0 Å². The fourth-order valence-electron chi connectivity index (χ4n) is 2.03. The summed E-state index contributed by atoms with van der Waals surface area (Å²) in [5.41, 5.74) is 0. The molecular weight excluding hydrogens is 332 g/mol. The van der Waals surface area contributed by atoms with E-state index in [0.717, 1.165) is 32.1 Å². The zero-order chi connectivity index (χ0) is 19.2. The topological polar surface area (TPSA) is 157 Å².